The number of anilines is 3. The summed E-state index contributed by atoms with van der Waals surface area (Å²) in [5.74, 6) is -4.07. The van der Waals surface area contributed by atoms with Crippen LogP contribution in [0.4, 0.5) is 53.0 Å². The third kappa shape index (κ3) is 8.37. The predicted molar refractivity (Wildman–Crippen MR) is 139 cm³/mol. The zero-order chi connectivity index (χ0) is 30.2. The van der Waals surface area contributed by atoms with Crippen molar-refractivity contribution in [1.82, 2.24) is 5.32 Å². The summed E-state index contributed by atoms with van der Waals surface area (Å²) < 4.78 is 82.6. The summed E-state index contributed by atoms with van der Waals surface area (Å²) >= 11 is 0. The standard InChI is InChI=1S/C27H24F6N4O4/c1-2-3-15-37(18-11-13-19(14-12-18)41-27(32,33)24(30)31)26(40)35-17-9-7-16(8-10-17)34-25(39)36-23(38)22-20(28)5-4-6-21(22)29/h4-14,24H,2-3,15H2,1H3,(H,35,40)(H2,34,36,38,39). The molecule has 3 N–H and O–H groups in total. The number of nitrogens with zero attached hydrogens (tertiary/aromatic N) is 1. The summed E-state index contributed by atoms with van der Waals surface area (Å²) in [4.78, 5) is 38.5. The molecule has 0 spiro atoms. The molecule has 0 saturated heterocycles. The van der Waals surface area contributed by atoms with E-state index >= 15 is 0 Å². The highest BCUT2D eigenvalue weighted by atomic mass is 19.3. The third-order valence-corrected chi connectivity index (χ3v) is 5.45. The second-order valence-electron chi connectivity index (χ2n) is 8.48. The highest BCUT2D eigenvalue weighted by Gasteiger charge is 2.44. The molecule has 3 rings (SSSR count). The number of ether oxygens (including phenoxy) is 1. The molecule has 0 aliphatic carbocycles. The minimum atomic E-state index is -4.67. The van der Waals surface area contributed by atoms with Crippen LogP contribution in [0.3, 0.4) is 0 Å². The molecule has 0 bridgehead atoms. The first-order valence-electron chi connectivity index (χ1n) is 12.1. The Labute approximate surface area is 230 Å². The van der Waals surface area contributed by atoms with E-state index in [1.54, 1.807) is 0 Å². The Morgan fingerprint density at radius 1 is 0.878 bits per heavy atom. The molecule has 0 aliphatic rings. The highest BCUT2D eigenvalue weighted by Crippen LogP contribution is 2.29. The van der Waals surface area contributed by atoms with Crippen LogP contribution in [0.15, 0.2) is 66.7 Å². The summed E-state index contributed by atoms with van der Waals surface area (Å²) in [6.07, 6.45) is -7.38. The number of hydrogen-bond acceptors (Lipinski definition) is 4. The zero-order valence-electron chi connectivity index (χ0n) is 21.4. The summed E-state index contributed by atoms with van der Waals surface area (Å²) in [6, 6.07) is 11.4. The van der Waals surface area contributed by atoms with Crippen molar-refractivity contribution >= 4 is 35.0 Å². The quantitative estimate of drug-likeness (QED) is 0.224. The largest absolute Gasteiger partial charge is 0.461 e. The van der Waals surface area contributed by atoms with Gasteiger partial charge in [-0.3, -0.25) is 15.0 Å². The predicted octanol–water partition coefficient (Wildman–Crippen LogP) is 7.00. The molecule has 5 amide bonds. The first kappa shape index (κ1) is 30.8. The van der Waals surface area contributed by atoms with Gasteiger partial charge in [-0.15, -0.1) is 0 Å². The number of carbonyl (C=O) groups is 3. The number of benzene rings is 3. The van der Waals surface area contributed by atoms with Crippen molar-refractivity contribution in [2.45, 2.75) is 32.3 Å². The fraction of sp³-hybridized carbons (Fsp3) is 0.222. The Morgan fingerprint density at radius 3 is 1.98 bits per heavy atom. The van der Waals surface area contributed by atoms with Crippen molar-refractivity contribution < 1.29 is 45.5 Å². The number of hydrogen-bond donors (Lipinski definition) is 3. The van der Waals surface area contributed by atoms with Crippen molar-refractivity contribution in [2.24, 2.45) is 0 Å². The lowest BCUT2D eigenvalue weighted by Crippen LogP contribution is -2.36. The average Bonchev–Trinajstić information content (AvgIpc) is 2.90. The van der Waals surface area contributed by atoms with Crippen LogP contribution in [-0.2, 0) is 0 Å². The van der Waals surface area contributed by atoms with E-state index in [2.05, 4.69) is 15.4 Å². The number of imide groups is 1. The van der Waals surface area contributed by atoms with E-state index in [4.69, 9.17) is 0 Å². The topological polar surface area (TPSA) is 99.8 Å². The molecule has 0 atom stereocenters. The van der Waals surface area contributed by atoms with E-state index in [9.17, 15) is 40.7 Å². The molecule has 0 fully saturated rings. The summed E-state index contributed by atoms with van der Waals surface area (Å²) in [5.41, 5.74) is -0.152. The maximum atomic E-state index is 13.7. The molecule has 0 unspecified atom stereocenters. The van der Waals surface area contributed by atoms with Crippen LogP contribution in [0.1, 0.15) is 30.1 Å². The van der Waals surface area contributed by atoms with Crippen LogP contribution >= 0.6 is 0 Å². The van der Waals surface area contributed by atoms with Gasteiger partial charge in [0.25, 0.3) is 5.91 Å². The van der Waals surface area contributed by atoms with Crippen LogP contribution in [0, 0.1) is 11.6 Å². The Bertz CT molecular complexity index is 1350. The maximum Gasteiger partial charge on any atom is 0.461 e. The van der Waals surface area contributed by atoms with Crippen LogP contribution in [-0.4, -0.2) is 37.0 Å². The van der Waals surface area contributed by atoms with Crippen molar-refractivity contribution in [3.63, 3.8) is 0 Å². The number of nitrogens with one attached hydrogen (secondary N) is 3. The number of carbonyl (C=O) groups excluding carboxylic acids is 3. The number of urea groups is 2. The molecular weight excluding hydrogens is 558 g/mol. The maximum absolute atomic E-state index is 13.7. The van der Waals surface area contributed by atoms with Crippen LogP contribution in [0.25, 0.3) is 0 Å². The minimum absolute atomic E-state index is 0.182. The smallest absolute Gasteiger partial charge is 0.428 e. The molecule has 3 aromatic rings. The van der Waals surface area contributed by atoms with Gasteiger partial charge in [0.2, 0.25) is 0 Å². The van der Waals surface area contributed by atoms with Gasteiger partial charge >= 0.3 is 24.6 Å². The van der Waals surface area contributed by atoms with Crippen molar-refractivity contribution in [2.75, 3.05) is 22.1 Å². The van der Waals surface area contributed by atoms with E-state index in [1.165, 1.54) is 41.3 Å². The fourth-order valence-corrected chi connectivity index (χ4v) is 3.43. The number of halogens is 6. The first-order valence-corrected chi connectivity index (χ1v) is 12.1. The van der Waals surface area contributed by atoms with Gasteiger partial charge in [0, 0.05) is 23.6 Å². The Balaban J connectivity index is 1.63. The molecule has 8 nitrogen and oxygen atoms in total. The van der Waals surface area contributed by atoms with Gasteiger partial charge in [-0.1, -0.05) is 19.4 Å². The zero-order valence-corrected chi connectivity index (χ0v) is 21.4. The normalized spacial score (nSPS) is 11.1. The Kier molecular flexibility index (Phi) is 10.2. The van der Waals surface area contributed by atoms with Crippen LogP contribution < -0.4 is 25.6 Å². The van der Waals surface area contributed by atoms with Gasteiger partial charge in [-0.05, 0) is 67.1 Å². The molecule has 218 valence electrons. The van der Waals surface area contributed by atoms with Crippen molar-refractivity contribution in [3.05, 3.63) is 83.9 Å². The van der Waals surface area contributed by atoms with Gasteiger partial charge < -0.3 is 15.4 Å². The lowest BCUT2D eigenvalue weighted by Gasteiger charge is -2.24. The molecule has 0 aliphatic heterocycles. The molecule has 14 heteroatoms. The second-order valence-corrected chi connectivity index (χ2v) is 8.48. The van der Waals surface area contributed by atoms with Crippen molar-refractivity contribution in [3.8, 4) is 5.75 Å². The summed E-state index contributed by atoms with van der Waals surface area (Å²) in [5, 5.41) is 6.77. The van der Waals surface area contributed by atoms with E-state index in [-0.39, 0.29) is 17.9 Å². The van der Waals surface area contributed by atoms with E-state index in [0.29, 0.717) is 12.1 Å². The summed E-state index contributed by atoms with van der Waals surface area (Å²) in [6.45, 7) is 2.13. The van der Waals surface area contributed by atoms with Crippen LogP contribution in [0.5, 0.6) is 5.75 Å². The van der Waals surface area contributed by atoms with Gasteiger partial charge in [0.15, 0.2) is 0 Å². The first-order chi connectivity index (χ1) is 19.4. The lowest BCUT2D eigenvalue weighted by atomic mass is 10.2. The summed E-state index contributed by atoms with van der Waals surface area (Å²) in [7, 11) is 0. The molecular formula is C27H24F6N4O4. The van der Waals surface area contributed by atoms with E-state index < -0.39 is 53.5 Å². The minimum Gasteiger partial charge on any atom is -0.428 e. The number of unbranched alkanes of at least 4 members (excludes halogenated alkanes) is 1. The molecule has 3 aromatic carbocycles. The van der Waals surface area contributed by atoms with Gasteiger partial charge in [-0.2, -0.15) is 17.6 Å². The lowest BCUT2D eigenvalue weighted by molar-refractivity contribution is -0.253. The molecule has 0 aromatic heterocycles. The highest BCUT2D eigenvalue weighted by molar-refractivity contribution is 6.08. The van der Waals surface area contributed by atoms with Crippen molar-refractivity contribution in [1.29, 1.82) is 0 Å². The van der Waals surface area contributed by atoms with E-state index in [0.717, 1.165) is 36.8 Å². The SMILES string of the molecule is CCCCN(C(=O)Nc1ccc(NC(=O)NC(=O)c2c(F)cccc2F)cc1)c1ccc(OC(F)(F)C(F)F)cc1. The average molecular weight is 583 g/mol. The van der Waals surface area contributed by atoms with Gasteiger partial charge in [0.1, 0.15) is 22.9 Å². The molecule has 0 saturated carbocycles. The molecule has 41 heavy (non-hydrogen) atoms. The Morgan fingerprint density at radius 2 is 1.44 bits per heavy atom. The molecule has 0 heterocycles. The van der Waals surface area contributed by atoms with Gasteiger partial charge in [-0.25, -0.2) is 18.4 Å². The second kappa shape index (κ2) is 13.5. The fourth-order valence-electron chi connectivity index (χ4n) is 3.43. The monoisotopic (exact) mass is 582 g/mol. The third-order valence-electron chi connectivity index (χ3n) is 5.45. The number of alkyl halides is 4. The molecule has 0 radical (unpaired) electrons. The van der Waals surface area contributed by atoms with E-state index in [1.807, 2.05) is 12.2 Å². The van der Waals surface area contributed by atoms with Gasteiger partial charge in [0.05, 0.1) is 0 Å². The Hall–Kier alpha value is -4.75. The number of rotatable bonds is 10. The van der Waals surface area contributed by atoms with Crippen LogP contribution in [0.2, 0.25) is 0 Å². The number of amides is 5.